The second kappa shape index (κ2) is 27.8. The SMILES string of the molecule is CC(C)(C)CC1CC2[C@@H]3B(C4CC([C@H]5CCC6C7C5CCCC7[C@@H]5CCCC7CCCC6[C@@H]75)CCC4N2C2C(C4CCCCC4)CCC[C@@H]2C2CCCCC2)[C@@H]2CC[C@H](N4C5CCCC[C@H]5C5CCCC[C@H]54)CC2N(C2[C@@H](C4CCCCC4)CCC[C@H]2C2CCCCC2)C3C1. The molecular formula is C91H150BN3. The Hall–Kier alpha value is -0.0551. The van der Waals surface area contributed by atoms with E-state index in [0.717, 1.165) is 203 Å². The van der Waals surface area contributed by atoms with E-state index in [-0.39, 0.29) is 0 Å². The normalized spacial score (nSPS) is 51.4. The molecule has 19 aliphatic rings. The molecule has 0 bridgehead atoms. The molecular weight excluding hydrogens is 1150 g/mol. The van der Waals surface area contributed by atoms with Gasteiger partial charge in [0.2, 0.25) is 0 Å². The van der Waals surface area contributed by atoms with Gasteiger partial charge < -0.3 is 0 Å². The lowest BCUT2D eigenvalue weighted by molar-refractivity contribution is -0.159. The number of fused-ring (bicyclic) bond motifs is 9. The lowest BCUT2D eigenvalue weighted by Crippen LogP contribution is -2.77. The van der Waals surface area contributed by atoms with Crippen LogP contribution < -0.4 is 0 Å². The Morgan fingerprint density at radius 3 is 1.16 bits per heavy atom. The zero-order valence-corrected chi connectivity index (χ0v) is 62.7. The Bertz CT molecular complexity index is 2440. The van der Waals surface area contributed by atoms with Crippen molar-refractivity contribution in [3.63, 3.8) is 0 Å². The van der Waals surface area contributed by atoms with Crippen LogP contribution in [0.1, 0.15) is 367 Å². The molecule has 0 amide bonds. The summed E-state index contributed by atoms with van der Waals surface area (Å²) in [6, 6.07) is 7.90. The van der Waals surface area contributed by atoms with E-state index in [0.29, 0.717) is 5.41 Å². The lowest BCUT2D eigenvalue weighted by Gasteiger charge is -2.72. The Labute approximate surface area is 587 Å². The van der Waals surface area contributed by atoms with Gasteiger partial charge in [0.1, 0.15) is 0 Å². The summed E-state index contributed by atoms with van der Waals surface area (Å²) < 4.78 is 0. The Kier molecular flexibility index (Phi) is 19.2. The maximum absolute atomic E-state index is 3.96. The van der Waals surface area contributed by atoms with Crippen molar-refractivity contribution < 1.29 is 0 Å². The standard InChI is InChI=1S/C91H150BN3/c1-91(2,3)57-58-53-84-88-85(54-58)95(90-69(61-29-12-6-13-30-61)39-23-40-70(90)62-31-14-7-15-32-62)83-56-65(93-80-45-18-16-35-71(80)72-36-17-19-46-81(72)93)48-51-78(83)92(88)79-55-64(66-49-50-77-75-42-21-34-63-33-20-41-74(86(63)75)76-44-24-43-73(66)87(76)77)47-52-82(79)94(84)89-67(59-25-8-4-9-26-59)37-22-38-68(89)60-27-10-5-11-28-60/h58-90H,4-57H2,1-3H3/t58?,63?,64?,65-,66+,67+,68?,69-,70+,71-,72?,73?,74-,75?,76?,77?,78+,79?,80?,81+,82?,83?,84?,85?,86-,87?,88-,89?,90?/m0/s1. The van der Waals surface area contributed by atoms with Crippen molar-refractivity contribution in [2.45, 2.75) is 439 Å². The monoisotopic (exact) mass is 1300 g/mol. The highest BCUT2D eigenvalue weighted by atomic mass is 15.3. The summed E-state index contributed by atoms with van der Waals surface area (Å²) in [6.07, 6.45) is 85.8. The molecule has 16 aliphatic carbocycles. The van der Waals surface area contributed by atoms with Gasteiger partial charge in [-0.3, -0.25) is 14.7 Å². The second-order valence-electron chi connectivity index (χ2n) is 42.6. The molecule has 19 fully saturated rings. The molecule has 3 aliphatic heterocycles. The Balaban J connectivity index is 0.770. The Morgan fingerprint density at radius 1 is 0.253 bits per heavy atom. The summed E-state index contributed by atoms with van der Waals surface area (Å²) in [5.41, 5.74) is 0.393. The fraction of sp³-hybridized carbons (Fsp3) is 1.00. The molecule has 29 atom stereocenters. The third kappa shape index (κ3) is 11.8. The van der Waals surface area contributed by atoms with Crippen molar-refractivity contribution in [1.29, 1.82) is 0 Å². The van der Waals surface area contributed by atoms with Gasteiger partial charge in [0.25, 0.3) is 0 Å². The molecule has 532 valence electrons. The van der Waals surface area contributed by atoms with Gasteiger partial charge >= 0.3 is 0 Å². The third-order valence-corrected chi connectivity index (χ3v) is 38.0. The Morgan fingerprint density at radius 2 is 0.653 bits per heavy atom. The molecule has 16 saturated carbocycles. The van der Waals surface area contributed by atoms with Crippen molar-refractivity contribution >= 4 is 6.71 Å². The van der Waals surface area contributed by atoms with E-state index >= 15 is 0 Å². The van der Waals surface area contributed by atoms with E-state index < -0.39 is 0 Å². The van der Waals surface area contributed by atoms with Crippen LogP contribution in [0.25, 0.3) is 0 Å². The van der Waals surface area contributed by atoms with Crippen LogP contribution in [-0.4, -0.2) is 75.8 Å². The van der Waals surface area contributed by atoms with Crippen molar-refractivity contribution in [3.8, 4) is 0 Å². The molecule has 19 rings (SSSR count). The quantitative estimate of drug-likeness (QED) is 0.213. The zero-order chi connectivity index (χ0) is 63.0. The van der Waals surface area contributed by atoms with Gasteiger partial charge in [0.05, 0.1) is 0 Å². The van der Waals surface area contributed by atoms with E-state index in [9.17, 15) is 0 Å². The van der Waals surface area contributed by atoms with Gasteiger partial charge in [-0.25, -0.2) is 0 Å². The average Bonchev–Trinajstić information content (AvgIpc) is 0.984. The van der Waals surface area contributed by atoms with Crippen molar-refractivity contribution in [3.05, 3.63) is 0 Å². The molecule has 3 nitrogen and oxygen atoms in total. The second-order valence-corrected chi connectivity index (χ2v) is 42.6. The minimum atomic E-state index is 0.393. The van der Waals surface area contributed by atoms with Crippen LogP contribution >= 0.6 is 0 Å². The largest absolute Gasteiger partial charge is 0.295 e. The average molecular weight is 1300 g/mol. The number of likely N-dealkylation sites (tertiary alicyclic amines) is 1. The molecule has 4 heteroatoms. The fourth-order valence-corrected chi connectivity index (χ4v) is 35.9. The van der Waals surface area contributed by atoms with Gasteiger partial charge in [0.15, 0.2) is 6.71 Å². The summed E-state index contributed by atoms with van der Waals surface area (Å²) in [5.74, 6) is 24.8. The van der Waals surface area contributed by atoms with Crippen LogP contribution in [-0.2, 0) is 0 Å². The van der Waals surface area contributed by atoms with Crippen LogP contribution in [0.5, 0.6) is 0 Å². The highest BCUT2D eigenvalue weighted by Gasteiger charge is 2.70. The number of rotatable bonds is 9. The van der Waals surface area contributed by atoms with E-state index in [4.69, 9.17) is 0 Å². The molecule has 0 aromatic rings. The van der Waals surface area contributed by atoms with Crippen molar-refractivity contribution in [1.82, 2.24) is 14.7 Å². The molecule has 18 unspecified atom stereocenters. The molecule has 0 radical (unpaired) electrons. The first-order valence-corrected chi connectivity index (χ1v) is 46.1. The summed E-state index contributed by atoms with van der Waals surface area (Å²) in [6.45, 7) is 9.20. The fourth-order valence-electron chi connectivity index (χ4n) is 35.9. The summed E-state index contributed by atoms with van der Waals surface area (Å²) in [4.78, 5) is 11.4. The molecule has 0 spiro atoms. The minimum absolute atomic E-state index is 0.393. The zero-order valence-electron chi connectivity index (χ0n) is 62.7. The number of hydrogen-bond acceptors (Lipinski definition) is 3. The number of hydrogen-bond donors (Lipinski definition) is 0. The topological polar surface area (TPSA) is 9.72 Å². The van der Waals surface area contributed by atoms with Crippen LogP contribution in [0.3, 0.4) is 0 Å². The van der Waals surface area contributed by atoms with Crippen LogP contribution in [0, 0.1) is 130 Å². The van der Waals surface area contributed by atoms with E-state index in [1.807, 2.05) is 0 Å². The number of nitrogens with zero attached hydrogens (tertiary/aromatic N) is 3. The third-order valence-electron chi connectivity index (χ3n) is 38.0. The molecule has 0 N–H and O–H groups in total. The maximum Gasteiger partial charge on any atom is 0.156 e. The van der Waals surface area contributed by atoms with Crippen LogP contribution in [0.15, 0.2) is 0 Å². The predicted molar refractivity (Wildman–Crippen MR) is 399 cm³/mol. The van der Waals surface area contributed by atoms with Gasteiger partial charge in [-0.05, 0) is 282 Å². The highest BCUT2D eigenvalue weighted by molar-refractivity contribution is 6.65. The predicted octanol–water partition coefficient (Wildman–Crippen LogP) is 24.1. The van der Waals surface area contributed by atoms with Crippen LogP contribution in [0.4, 0.5) is 0 Å². The summed E-state index contributed by atoms with van der Waals surface area (Å²) >= 11 is 0. The first kappa shape index (κ1) is 65.7. The summed E-state index contributed by atoms with van der Waals surface area (Å²) in [5, 5.41) is 0. The molecule has 0 aromatic carbocycles. The first-order valence-electron chi connectivity index (χ1n) is 46.1. The minimum Gasteiger partial charge on any atom is -0.295 e. The summed E-state index contributed by atoms with van der Waals surface area (Å²) in [7, 11) is 0. The first-order chi connectivity index (χ1) is 46.8. The van der Waals surface area contributed by atoms with Gasteiger partial charge in [-0.15, -0.1) is 0 Å². The van der Waals surface area contributed by atoms with Gasteiger partial charge in [0, 0.05) is 54.4 Å². The maximum atomic E-state index is 3.96. The molecule has 95 heavy (non-hydrogen) atoms. The van der Waals surface area contributed by atoms with E-state index in [1.54, 1.807) is 302 Å². The van der Waals surface area contributed by atoms with E-state index in [2.05, 4.69) is 35.5 Å². The van der Waals surface area contributed by atoms with Gasteiger partial charge in [-0.2, -0.15) is 0 Å². The van der Waals surface area contributed by atoms with Gasteiger partial charge in [-0.1, -0.05) is 233 Å². The van der Waals surface area contributed by atoms with Crippen molar-refractivity contribution in [2.75, 3.05) is 0 Å². The molecule has 0 aromatic heterocycles. The highest BCUT2D eigenvalue weighted by Crippen LogP contribution is 2.71. The molecule has 3 saturated heterocycles. The van der Waals surface area contributed by atoms with E-state index in [1.165, 1.54) is 44.9 Å². The van der Waals surface area contributed by atoms with Crippen LogP contribution in [0.2, 0.25) is 17.5 Å². The molecule has 3 heterocycles. The van der Waals surface area contributed by atoms with Crippen molar-refractivity contribution in [2.24, 2.45) is 130 Å². The smallest absolute Gasteiger partial charge is 0.156 e. The lowest BCUT2D eigenvalue weighted by atomic mass is 9.18.